The van der Waals surface area contributed by atoms with Gasteiger partial charge in [0, 0.05) is 25.7 Å². The quantitative estimate of drug-likeness (QED) is 0.403. The van der Waals surface area contributed by atoms with Gasteiger partial charge in [0.2, 0.25) is 0 Å². The largest absolute Gasteiger partial charge is 0.476 e. The van der Waals surface area contributed by atoms with E-state index in [2.05, 4.69) is 20.6 Å². The van der Waals surface area contributed by atoms with Crippen LogP contribution in [0.5, 0.6) is 0 Å². The highest BCUT2D eigenvalue weighted by Gasteiger charge is 2.26. The van der Waals surface area contributed by atoms with Crippen LogP contribution in [0.2, 0.25) is 0 Å². The van der Waals surface area contributed by atoms with E-state index in [1.165, 1.54) is 22.7 Å². The number of aromatic carboxylic acids is 1. The second-order valence-electron chi connectivity index (χ2n) is 7.28. The molecule has 4 aromatic rings. The molecule has 3 N–H and O–H groups in total. The number of nitrogens with zero attached hydrogens (tertiary/aromatic N) is 3. The molecule has 8 nitrogen and oxygen atoms in total. The molecule has 0 saturated carbocycles. The Balaban J connectivity index is 1.42. The van der Waals surface area contributed by atoms with E-state index in [9.17, 15) is 14.7 Å². The lowest BCUT2D eigenvalue weighted by atomic mass is 9.94. The zero-order chi connectivity index (χ0) is 22.2. The molecule has 0 atom stereocenters. The SMILES string of the molecule is CNc1sc(N2CCc3cccc(C(=O)Nc4nc5ccccc5s4)c3C2)nc1C(=O)O. The molecule has 32 heavy (non-hydrogen) atoms. The predicted molar refractivity (Wildman–Crippen MR) is 127 cm³/mol. The van der Waals surface area contributed by atoms with E-state index < -0.39 is 5.97 Å². The van der Waals surface area contributed by atoms with Crippen LogP contribution >= 0.6 is 22.7 Å². The molecule has 1 aliphatic rings. The first-order valence-electron chi connectivity index (χ1n) is 9.98. The summed E-state index contributed by atoms with van der Waals surface area (Å²) in [5.41, 5.74) is 3.50. The molecule has 3 heterocycles. The second-order valence-corrected chi connectivity index (χ2v) is 9.29. The maximum absolute atomic E-state index is 13.1. The number of aromatic nitrogens is 2. The zero-order valence-corrected chi connectivity index (χ0v) is 18.7. The van der Waals surface area contributed by atoms with Crippen molar-refractivity contribution in [1.29, 1.82) is 0 Å². The molecule has 0 aliphatic carbocycles. The van der Waals surface area contributed by atoms with Crippen LogP contribution in [0.25, 0.3) is 10.2 Å². The summed E-state index contributed by atoms with van der Waals surface area (Å²) in [5, 5.41) is 16.9. The van der Waals surface area contributed by atoms with Crippen molar-refractivity contribution in [3.8, 4) is 0 Å². The van der Waals surface area contributed by atoms with Gasteiger partial charge < -0.3 is 15.3 Å². The Morgan fingerprint density at radius 2 is 1.94 bits per heavy atom. The van der Waals surface area contributed by atoms with Crippen molar-refractivity contribution in [3.63, 3.8) is 0 Å². The van der Waals surface area contributed by atoms with E-state index in [0.717, 1.165) is 27.8 Å². The number of carbonyl (C=O) groups is 2. The first-order chi connectivity index (χ1) is 15.5. The van der Waals surface area contributed by atoms with Crippen LogP contribution in [-0.4, -0.2) is 40.5 Å². The lowest BCUT2D eigenvalue weighted by Crippen LogP contribution is -2.32. The monoisotopic (exact) mass is 465 g/mol. The van der Waals surface area contributed by atoms with Gasteiger partial charge in [-0.25, -0.2) is 14.8 Å². The topological polar surface area (TPSA) is 107 Å². The fourth-order valence-corrected chi connectivity index (χ4v) is 5.60. The van der Waals surface area contributed by atoms with Crippen molar-refractivity contribution in [2.24, 2.45) is 0 Å². The van der Waals surface area contributed by atoms with Gasteiger partial charge in [0.25, 0.3) is 5.91 Å². The van der Waals surface area contributed by atoms with Gasteiger partial charge in [-0.15, -0.1) is 0 Å². The highest BCUT2D eigenvalue weighted by atomic mass is 32.1. The van der Waals surface area contributed by atoms with Crippen LogP contribution in [0.3, 0.4) is 0 Å². The fraction of sp³-hybridized carbons (Fsp3) is 0.182. The average molecular weight is 466 g/mol. The predicted octanol–water partition coefficient (Wildman–Crippen LogP) is 4.31. The Kier molecular flexibility index (Phi) is 5.24. The summed E-state index contributed by atoms with van der Waals surface area (Å²) < 4.78 is 1.02. The zero-order valence-electron chi connectivity index (χ0n) is 17.1. The van der Waals surface area contributed by atoms with Gasteiger partial charge >= 0.3 is 5.97 Å². The third-order valence-corrected chi connectivity index (χ3v) is 7.43. The maximum atomic E-state index is 13.1. The fourth-order valence-electron chi connectivity index (χ4n) is 3.81. The van der Waals surface area contributed by atoms with Gasteiger partial charge in [0.05, 0.1) is 10.2 Å². The Hall–Kier alpha value is -3.50. The maximum Gasteiger partial charge on any atom is 0.357 e. The number of hydrogen-bond donors (Lipinski definition) is 3. The van der Waals surface area contributed by atoms with Crippen molar-refractivity contribution < 1.29 is 14.7 Å². The summed E-state index contributed by atoms with van der Waals surface area (Å²) in [4.78, 5) is 35.5. The average Bonchev–Trinajstić information content (AvgIpc) is 3.42. The summed E-state index contributed by atoms with van der Waals surface area (Å²) in [6, 6.07) is 13.5. The third kappa shape index (κ3) is 3.67. The van der Waals surface area contributed by atoms with Gasteiger partial charge in [-0.3, -0.25) is 10.1 Å². The number of carbonyl (C=O) groups excluding carboxylic acids is 1. The van der Waals surface area contributed by atoms with E-state index in [0.29, 0.717) is 33.9 Å². The number of benzene rings is 2. The first kappa shape index (κ1) is 20.4. The molecule has 0 spiro atoms. The molecule has 2 aromatic heterocycles. The molecular weight excluding hydrogens is 446 g/mol. The number of anilines is 3. The highest BCUT2D eigenvalue weighted by Crippen LogP contribution is 2.35. The van der Waals surface area contributed by atoms with E-state index in [1.807, 2.05) is 47.4 Å². The summed E-state index contributed by atoms with van der Waals surface area (Å²) in [7, 11) is 1.68. The van der Waals surface area contributed by atoms with Crippen LogP contribution in [0, 0.1) is 0 Å². The molecule has 0 bridgehead atoms. The molecule has 162 valence electrons. The minimum Gasteiger partial charge on any atom is -0.476 e. The number of rotatable bonds is 5. The smallest absolute Gasteiger partial charge is 0.357 e. The van der Waals surface area contributed by atoms with E-state index >= 15 is 0 Å². The van der Waals surface area contributed by atoms with E-state index in [-0.39, 0.29) is 11.6 Å². The van der Waals surface area contributed by atoms with Crippen molar-refractivity contribution in [1.82, 2.24) is 9.97 Å². The van der Waals surface area contributed by atoms with Crippen LogP contribution in [0.15, 0.2) is 42.5 Å². The summed E-state index contributed by atoms with van der Waals surface area (Å²) in [6.07, 6.45) is 0.745. The number of fused-ring (bicyclic) bond motifs is 2. The normalized spacial score (nSPS) is 13.1. The molecular formula is C22H19N5O3S2. The van der Waals surface area contributed by atoms with Crippen LogP contribution in [0.4, 0.5) is 15.3 Å². The van der Waals surface area contributed by atoms with Crippen LogP contribution in [-0.2, 0) is 13.0 Å². The van der Waals surface area contributed by atoms with Crippen molar-refractivity contribution in [2.75, 3.05) is 29.1 Å². The number of para-hydroxylation sites is 1. The van der Waals surface area contributed by atoms with Gasteiger partial charge in [-0.05, 0) is 35.7 Å². The van der Waals surface area contributed by atoms with Gasteiger partial charge in [-0.1, -0.05) is 46.9 Å². The summed E-state index contributed by atoms with van der Waals surface area (Å²) in [6.45, 7) is 1.18. The number of hydrogen-bond acceptors (Lipinski definition) is 8. The summed E-state index contributed by atoms with van der Waals surface area (Å²) in [5.74, 6) is -1.27. The molecule has 5 rings (SSSR count). The summed E-state index contributed by atoms with van der Waals surface area (Å²) >= 11 is 2.74. The van der Waals surface area contributed by atoms with Crippen molar-refractivity contribution in [3.05, 3.63) is 64.8 Å². The Morgan fingerprint density at radius 3 is 2.69 bits per heavy atom. The molecule has 0 saturated heterocycles. The molecule has 2 aromatic carbocycles. The molecule has 10 heteroatoms. The minimum absolute atomic E-state index is 0.0140. The molecule has 0 radical (unpaired) electrons. The molecule has 1 aliphatic heterocycles. The Bertz CT molecular complexity index is 1310. The lowest BCUT2D eigenvalue weighted by Gasteiger charge is -2.29. The molecule has 0 fully saturated rings. The Labute approximate surface area is 191 Å². The molecule has 1 amide bonds. The first-order valence-corrected chi connectivity index (χ1v) is 11.6. The number of nitrogens with one attached hydrogen (secondary N) is 2. The van der Waals surface area contributed by atoms with Crippen LogP contribution < -0.4 is 15.5 Å². The van der Waals surface area contributed by atoms with Gasteiger partial charge in [0.1, 0.15) is 5.00 Å². The lowest BCUT2D eigenvalue weighted by molar-refractivity contribution is 0.0692. The number of carboxylic acids is 1. The van der Waals surface area contributed by atoms with Crippen molar-refractivity contribution >= 4 is 60.0 Å². The van der Waals surface area contributed by atoms with Gasteiger partial charge in [-0.2, -0.15) is 0 Å². The standard InChI is InChI=1S/C22H19N5O3S2/c1-23-19-17(20(29)30)25-22(32-19)27-10-9-12-5-4-6-13(14(12)11-27)18(28)26-21-24-15-7-2-3-8-16(15)31-21/h2-8,23H,9-11H2,1H3,(H,29,30)(H,24,26,28). The number of carboxylic acid groups (broad SMARTS) is 1. The van der Waals surface area contributed by atoms with Crippen LogP contribution in [0.1, 0.15) is 32.0 Å². The van der Waals surface area contributed by atoms with Gasteiger partial charge in [0.15, 0.2) is 16.0 Å². The third-order valence-electron chi connectivity index (χ3n) is 5.35. The minimum atomic E-state index is -1.06. The number of thiazole rings is 2. The Morgan fingerprint density at radius 1 is 1.09 bits per heavy atom. The number of amides is 1. The van der Waals surface area contributed by atoms with E-state index in [1.54, 1.807) is 7.05 Å². The molecule has 0 unspecified atom stereocenters. The highest BCUT2D eigenvalue weighted by molar-refractivity contribution is 7.22. The van der Waals surface area contributed by atoms with E-state index in [4.69, 9.17) is 0 Å². The second kappa shape index (κ2) is 8.21. The van der Waals surface area contributed by atoms with Crippen molar-refractivity contribution in [2.45, 2.75) is 13.0 Å².